The summed E-state index contributed by atoms with van der Waals surface area (Å²) in [5.41, 5.74) is 2.30. The fourth-order valence-corrected chi connectivity index (χ4v) is 1.52. The normalized spacial score (nSPS) is 9.64. The van der Waals surface area contributed by atoms with Gasteiger partial charge in [-0.05, 0) is 30.4 Å². The molecule has 0 aliphatic rings. The van der Waals surface area contributed by atoms with Gasteiger partial charge in [-0.3, -0.25) is 4.98 Å². The van der Waals surface area contributed by atoms with Crippen molar-refractivity contribution in [2.24, 2.45) is 0 Å². The van der Waals surface area contributed by atoms with E-state index in [0.29, 0.717) is 0 Å². The van der Waals surface area contributed by atoms with Crippen molar-refractivity contribution in [3.8, 4) is 0 Å². The maximum atomic E-state index is 4.04. The van der Waals surface area contributed by atoms with Crippen LogP contribution in [0.4, 0.5) is 0 Å². The van der Waals surface area contributed by atoms with Crippen molar-refractivity contribution in [3.05, 3.63) is 30.6 Å². The van der Waals surface area contributed by atoms with Crippen LogP contribution in [0.25, 0.3) is 5.57 Å². The van der Waals surface area contributed by atoms with Crippen molar-refractivity contribution < 1.29 is 0 Å². The summed E-state index contributed by atoms with van der Waals surface area (Å²) < 4.78 is 0. The summed E-state index contributed by atoms with van der Waals surface area (Å²) in [5, 5.41) is 0. The maximum absolute atomic E-state index is 4.04. The number of thioether (sulfide) groups is 1. The van der Waals surface area contributed by atoms with E-state index in [4.69, 9.17) is 0 Å². The molecule has 0 bridgehead atoms. The molecule has 1 aromatic rings. The van der Waals surface area contributed by atoms with Gasteiger partial charge in [0, 0.05) is 17.3 Å². The molecule has 0 N–H and O–H groups in total. The average Bonchev–Trinajstić information content (AvgIpc) is 2.04. The van der Waals surface area contributed by atoms with Gasteiger partial charge in [-0.2, -0.15) is 0 Å². The second-order valence-corrected chi connectivity index (χ2v) is 3.20. The lowest BCUT2D eigenvalue weighted by atomic mass is 10.1. The number of hydrogen-bond acceptors (Lipinski definition) is 2. The van der Waals surface area contributed by atoms with Crippen LogP contribution in [0.5, 0.6) is 0 Å². The lowest BCUT2D eigenvalue weighted by Gasteiger charge is -2.03. The van der Waals surface area contributed by atoms with Crippen LogP contribution in [0.2, 0.25) is 0 Å². The van der Waals surface area contributed by atoms with Crippen molar-refractivity contribution >= 4 is 17.3 Å². The third-order valence-corrected chi connectivity index (χ3v) is 2.23. The number of nitrogens with zero attached hydrogens (tertiary/aromatic N) is 1. The molecule has 11 heavy (non-hydrogen) atoms. The standard InChI is InChI=1S/C9H11NS/c1-7(2)8-4-5-10-6-9(8)11-3/h4-6H,1H2,2-3H3. The van der Waals surface area contributed by atoms with Crippen molar-refractivity contribution in [1.29, 1.82) is 0 Å². The summed E-state index contributed by atoms with van der Waals surface area (Å²) in [6, 6.07) is 1.99. The van der Waals surface area contributed by atoms with E-state index in [-0.39, 0.29) is 0 Å². The van der Waals surface area contributed by atoms with Gasteiger partial charge in [-0.15, -0.1) is 11.8 Å². The van der Waals surface area contributed by atoms with Gasteiger partial charge in [0.1, 0.15) is 0 Å². The van der Waals surface area contributed by atoms with Gasteiger partial charge in [0.15, 0.2) is 0 Å². The quantitative estimate of drug-likeness (QED) is 0.625. The molecule has 0 atom stereocenters. The lowest BCUT2D eigenvalue weighted by molar-refractivity contribution is 1.21. The molecule has 0 amide bonds. The first-order valence-corrected chi connectivity index (χ1v) is 4.62. The molecule has 0 unspecified atom stereocenters. The Bertz CT molecular complexity index is 268. The van der Waals surface area contributed by atoms with Crippen molar-refractivity contribution in [2.75, 3.05) is 6.26 Å². The van der Waals surface area contributed by atoms with E-state index in [9.17, 15) is 0 Å². The Balaban J connectivity index is 3.12. The molecule has 0 aliphatic carbocycles. The minimum Gasteiger partial charge on any atom is -0.264 e. The molecule has 0 saturated heterocycles. The molecule has 1 rings (SSSR count). The fourth-order valence-electron chi connectivity index (χ4n) is 0.895. The predicted molar refractivity (Wildman–Crippen MR) is 50.7 cm³/mol. The first kappa shape index (κ1) is 8.34. The summed E-state index contributed by atoms with van der Waals surface area (Å²) in [7, 11) is 0. The van der Waals surface area contributed by atoms with E-state index in [2.05, 4.69) is 11.6 Å². The average molecular weight is 165 g/mol. The van der Waals surface area contributed by atoms with Crippen LogP contribution in [0.3, 0.4) is 0 Å². The smallest absolute Gasteiger partial charge is 0.0409 e. The maximum Gasteiger partial charge on any atom is 0.0409 e. The minimum atomic E-state index is 1.09. The van der Waals surface area contributed by atoms with Gasteiger partial charge in [0.05, 0.1) is 0 Å². The molecule has 0 saturated carbocycles. The van der Waals surface area contributed by atoms with Gasteiger partial charge >= 0.3 is 0 Å². The molecule has 0 aliphatic heterocycles. The highest BCUT2D eigenvalue weighted by molar-refractivity contribution is 7.98. The van der Waals surface area contributed by atoms with Crippen LogP contribution >= 0.6 is 11.8 Å². The Morgan fingerprint density at radius 1 is 1.64 bits per heavy atom. The SMILES string of the molecule is C=C(C)c1ccncc1SC. The number of rotatable bonds is 2. The Labute approximate surface area is 71.5 Å². The molecule has 1 nitrogen and oxygen atoms in total. The van der Waals surface area contributed by atoms with Gasteiger partial charge < -0.3 is 0 Å². The van der Waals surface area contributed by atoms with Crippen LogP contribution < -0.4 is 0 Å². The van der Waals surface area contributed by atoms with E-state index in [1.165, 1.54) is 10.5 Å². The molecule has 0 fully saturated rings. The molecule has 0 aromatic carbocycles. The Hall–Kier alpha value is -0.760. The molecular weight excluding hydrogens is 154 g/mol. The molecule has 0 spiro atoms. The zero-order valence-corrected chi connectivity index (χ0v) is 7.61. The van der Waals surface area contributed by atoms with E-state index < -0.39 is 0 Å². The molecule has 58 valence electrons. The van der Waals surface area contributed by atoms with Crippen molar-refractivity contribution in [3.63, 3.8) is 0 Å². The number of pyridine rings is 1. The molecule has 1 aromatic heterocycles. The van der Waals surface area contributed by atoms with Gasteiger partial charge in [0.2, 0.25) is 0 Å². The Morgan fingerprint density at radius 2 is 2.36 bits per heavy atom. The lowest BCUT2D eigenvalue weighted by Crippen LogP contribution is -1.83. The highest BCUT2D eigenvalue weighted by Crippen LogP contribution is 2.23. The minimum absolute atomic E-state index is 1.09. The molecule has 2 heteroatoms. The predicted octanol–water partition coefficient (Wildman–Crippen LogP) is 2.84. The summed E-state index contributed by atoms with van der Waals surface area (Å²) >= 11 is 1.70. The van der Waals surface area contributed by atoms with E-state index in [0.717, 1.165) is 5.57 Å². The third kappa shape index (κ3) is 1.84. The summed E-state index contributed by atoms with van der Waals surface area (Å²) in [6.07, 6.45) is 5.71. The summed E-state index contributed by atoms with van der Waals surface area (Å²) in [6.45, 7) is 5.90. The second-order valence-electron chi connectivity index (χ2n) is 2.36. The number of hydrogen-bond donors (Lipinski definition) is 0. The zero-order chi connectivity index (χ0) is 8.27. The molecule has 0 radical (unpaired) electrons. The van der Waals surface area contributed by atoms with Gasteiger partial charge in [0.25, 0.3) is 0 Å². The number of allylic oxidation sites excluding steroid dienone is 1. The van der Waals surface area contributed by atoms with Crippen molar-refractivity contribution in [2.45, 2.75) is 11.8 Å². The molecular formula is C9H11NS. The van der Waals surface area contributed by atoms with Crippen LogP contribution in [-0.2, 0) is 0 Å². The van der Waals surface area contributed by atoms with Crippen molar-refractivity contribution in [1.82, 2.24) is 4.98 Å². The Kier molecular flexibility index (Phi) is 2.71. The van der Waals surface area contributed by atoms with Gasteiger partial charge in [-0.1, -0.05) is 6.58 Å². The fraction of sp³-hybridized carbons (Fsp3) is 0.222. The highest BCUT2D eigenvalue weighted by atomic mass is 32.2. The molecule has 1 heterocycles. The van der Waals surface area contributed by atoms with Crippen LogP contribution in [0.15, 0.2) is 29.9 Å². The Morgan fingerprint density at radius 3 is 2.82 bits per heavy atom. The largest absolute Gasteiger partial charge is 0.264 e. The first-order chi connectivity index (χ1) is 5.25. The van der Waals surface area contributed by atoms with Crippen LogP contribution in [-0.4, -0.2) is 11.2 Å². The van der Waals surface area contributed by atoms with E-state index >= 15 is 0 Å². The van der Waals surface area contributed by atoms with Gasteiger partial charge in [-0.25, -0.2) is 0 Å². The number of aromatic nitrogens is 1. The van der Waals surface area contributed by atoms with E-state index in [1.807, 2.05) is 25.4 Å². The summed E-state index contributed by atoms with van der Waals surface area (Å²) in [4.78, 5) is 5.23. The monoisotopic (exact) mass is 165 g/mol. The highest BCUT2D eigenvalue weighted by Gasteiger charge is 1.99. The topological polar surface area (TPSA) is 12.9 Å². The van der Waals surface area contributed by atoms with E-state index in [1.54, 1.807) is 18.0 Å². The van der Waals surface area contributed by atoms with Crippen LogP contribution in [0.1, 0.15) is 12.5 Å². The van der Waals surface area contributed by atoms with Crippen LogP contribution in [0, 0.1) is 0 Å². The first-order valence-electron chi connectivity index (χ1n) is 3.39. The summed E-state index contributed by atoms with van der Waals surface area (Å²) in [5.74, 6) is 0. The second kappa shape index (κ2) is 3.58. The third-order valence-electron chi connectivity index (χ3n) is 1.46. The zero-order valence-electron chi connectivity index (χ0n) is 6.79.